The lowest BCUT2D eigenvalue weighted by molar-refractivity contribution is -0.127. The number of aryl methyl sites for hydroxylation is 2. The van der Waals surface area contributed by atoms with Gasteiger partial charge in [0, 0.05) is 12.5 Å². The van der Waals surface area contributed by atoms with Gasteiger partial charge in [-0.3, -0.25) is 4.79 Å². The number of amides is 1. The predicted molar refractivity (Wildman–Crippen MR) is 125 cm³/mol. The molecule has 0 saturated heterocycles. The van der Waals surface area contributed by atoms with Crippen LogP contribution in [0, 0.1) is 12.3 Å². The maximum atomic E-state index is 10.7. The molecular formula is C26H41NO2. The van der Waals surface area contributed by atoms with E-state index in [2.05, 4.69) is 69.4 Å². The van der Waals surface area contributed by atoms with E-state index in [4.69, 9.17) is 4.74 Å². The van der Waals surface area contributed by atoms with Crippen LogP contribution < -0.4 is 10.1 Å². The zero-order valence-electron chi connectivity index (χ0n) is 19.8. The Hall–Kier alpha value is -2.29. The van der Waals surface area contributed by atoms with Crippen LogP contribution >= 0.6 is 0 Å². The highest BCUT2D eigenvalue weighted by Gasteiger charge is 2.18. The number of hydrogen-bond acceptors (Lipinski definition) is 2. The first kappa shape index (κ1) is 26.7. The third-order valence-electron chi connectivity index (χ3n) is 4.23. The van der Waals surface area contributed by atoms with Crippen molar-refractivity contribution in [2.45, 2.75) is 74.3 Å². The number of ether oxygens (including phenoxy) is 1. The minimum absolute atomic E-state index is 0.0810. The molecule has 0 aliphatic carbocycles. The van der Waals surface area contributed by atoms with Crippen molar-refractivity contribution in [3.63, 3.8) is 0 Å². The molecule has 0 radical (unpaired) electrons. The number of carbonyl (C=O) groups is 1. The Morgan fingerprint density at radius 2 is 1.52 bits per heavy atom. The molecule has 0 spiro atoms. The lowest BCUT2D eigenvalue weighted by atomic mass is 9.96. The van der Waals surface area contributed by atoms with Gasteiger partial charge in [0.25, 0.3) is 0 Å². The Kier molecular flexibility index (Phi) is 13.5. The molecular weight excluding hydrogens is 358 g/mol. The normalized spacial score (nSPS) is 10.1. The van der Waals surface area contributed by atoms with Crippen molar-refractivity contribution in [2.24, 2.45) is 5.41 Å². The summed E-state index contributed by atoms with van der Waals surface area (Å²) in [4.78, 5) is 10.7. The molecule has 0 unspecified atom stereocenters. The zero-order chi connectivity index (χ0) is 22.3. The molecule has 2 aromatic rings. The van der Waals surface area contributed by atoms with E-state index in [1.165, 1.54) is 29.5 Å². The maximum absolute atomic E-state index is 10.7. The molecule has 29 heavy (non-hydrogen) atoms. The van der Waals surface area contributed by atoms with E-state index in [1.54, 1.807) is 7.05 Å². The van der Waals surface area contributed by atoms with Gasteiger partial charge in [-0.2, -0.15) is 0 Å². The van der Waals surface area contributed by atoms with E-state index in [-0.39, 0.29) is 11.3 Å². The van der Waals surface area contributed by atoms with Crippen molar-refractivity contribution in [2.75, 3.05) is 7.05 Å². The average molecular weight is 400 g/mol. The van der Waals surface area contributed by atoms with E-state index in [9.17, 15) is 4.79 Å². The Labute approximate surface area is 178 Å². The van der Waals surface area contributed by atoms with Gasteiger partial charge in [0.05, 0.1) is 0 Å². The Morgan fingerprint density at radius 3 is 1.90 bits per heavy atom. The molecule has 0 aliphatic rings. The van der Waals surface area contributed by atoms with E-state index < -0.39 is 0 Å². The fourth-order valence-electron chi connectivity index (χ4n) is 2.16. The number of carbonyl (C=O) groups excluding carboxylic acids is 1. The zero-order valence-corrected chi connectivity index (χ0v) is 19.8. The summed E-state index contributed by atoms with van der Waals surface area (Å²) < 4.78 is 5.75. The highest BCUT2D eigenvalue weighted by molar-refractivity contribution is 5.80. The second kappa shape index (κ2) is 14.7. The summed E-state index contributed by atoms with van der Waals surface area (Å²) in [7, 11) is 1.65. The Bertz CT molecular complexity index is 683. The monoisotopic (exact) mass is 399 g/mol. The molecule has 0 atom stereocenters. The first-order valence-electron chi connectivity index (χ1n) is 10.7. The van der Waals surface area contributed by atoms with Gasteiger partial charge < -0.3 is 10.1 Å². The molecule has 0 heterocycles. The maximum Gasteiger partial charge on any atom is 0.225 e. The van der Waals surface area contributed by atoms with Gasteiger partial charge in [0.2, 0.25) is 5.91 Å². The lowest BCUT2D eigenvalue weighted by Crippen LogP contribution is -2.31. The summed E-state index contributed by atoms with van der Waals surface area (Å²) in [6, 6.07) is 16.7. The minimum atomic E-state index is -0.241. The van der Waals surface area contributed by atoms with Crippen LogP contribution in [0.25, 0.3) is 0 Å². The van der Waals surface area contributed by atoms with E-state index in [0.717, 1.165) is 12.2 Å². The standard InChI is InChI=1S/C16H18O.C6H13NO.C4H10/c1-3-14-7-9-16(10-8-14)17-12-15-6-4-5-13(2)11-15;1-6(2,3)5(8)7-4;1-3-4-2/h4-11H,3,12H2,1-2H3;1-4H3,(H,7,8);3-4H2,1-2H3. The van der Waals surface area contributed by atoms with Gasteiger partial charge in [-0.25, -0.2) is 0 Å². The fraction of sp³-hybridized carbons (Fsp3) is 0.500. The molecule has 3 nitrogen and oxygen atoms in total. The van der Waals surface area contributed by atoms with Crippen LogP contribution in [-0.2, 0) is 17.8 Å². The SMILES string of the molecule is CCCC.CCc1ccc(OCc2cccc(C)c2)cc1.CNC(=O)C(C)(C)C. The number of rotatable bonds is 5. The molecule has 2 rings (SSSR count). The van der Waals surface area contributed by atoms with E-state index >= 15 is 0 Å². The van der Waals surface area contributed by atoms with Crippen LogP contribution in [-0.4, -0.2) is 13.0 Å². The van der Waals surface area contributed by atoms with Gasteiger partial charge in [-0.05, 0) is 36.6 Å². The first-order chi connectivity index (χ1) is 13.7. The number of nitrogens with one attached hydrogen (secondary N) is 1. The van der Waals surface area contributed by atoms with E-state index in [0.29, 0.717) is 6.61 Å². The molecule has 162 valence electrons. The minimum Gasteiger partial charge on any atom is -0.489 e. The smallest absolute Gasteiger partial charge is 0.225 e. The van der Waals surface area contributed by atoms with Crippen molar-refractivity contribution in [3.05, 3.63) is 65.2 Å². The van der Waals surface area contributed by atoms with Crippen LogP contribution in [0.5, 0.6) is 5.75 Å². The van der Waals surface area contributed by atoms with Crippen molar-refractivity contribution in [3.8, 4) is 5.75 Å². The molecule has 3 heteroatoms. The second-order valence-corrected chi connectivity index (χ2v) is 8.10. The highest BCUT2D eigenvalue weighted by Crippen LogP contribution is 2.15. The summed E-state index contributed by atoms with van der Waals surface area (Å²) in [6.45, 7) is 14.9. The predicted octanol–water partition coefficient (Wildman–Crippen LogP) is 6.72. The molecule has 1 N–H and O–H groups in total. The molecule has 0 bridgehead atoms. The topological polar surface area (TPSA) is 38.3 Å². The van der Waals surface area contributed by atoms with Crippen LogP contribution in [0.3, 0.4) is 0 Å². The van der Waals surface area contributed by atoms with Gasteiger partial charge in [0.1, 0.15) is 12.4 Å². The largest absolute Gasteiger partial charge is 0.489 e. The summed E-state index contributed by atoms with van der Waals surface area (Å²) in [5.74, 6) is 1.02. The van der Waals surface area contributed by atoms with Gasteiger partial charge in [-0.1, -0.05) is 96.3 Å². The Balaban J connectivity index is 0.000000547. The molecule has 1 amide bonds. The summed E-state index contributed by atoms with van der Waals surface area (Å²) in [6.07, 6.45) is 3.71. The first-order valence-corrected chi connectivity index (χ1v) is 10.7. The summed E-state index contributed by atoms with van der Waals surface area (Å²) in [5.41, 5.74) is 3.58. The fourth-order valence-corrected chi connectivity index (χ4v) is 2.16. The van der Waals surface area contributed by atoms with Crippen LogP contribution in [0.4, 0.5) is 0 Å². The van der Waals surface area contributed by atoms with Crippen molar-refractivity contribution in [1.29, 1.82) is 0 Å². The molecule has 0 aromatic heterocycles. The van der Waals surface area contributed by atoms with Crippen molar-refractivity contribution < 1.29 is 9.53 Å². The van der Waals surface area contributed by atoms with Crippen LogP contribution in [0.2, 0.25) is 0 Å². The highest BCUT2D eigenvalue weighted by atomic mass is 16.5. The quantitative estimate of drug-likeness (QED) is 0.606. The average Bonchev–Trinajstić information content (AvgIpc) is 2.72. The van der Waals surface area contributed by atoms with Crippen molar-refractivity contribution >= 4 is 5.91 Å². The molecule has 0 aliphatic heterocycles. The second-order valence-electron chi connectivity index (χ2n) is 8.10. The van der Waals surface area contributed by atoms with E-state index in [1.807, 2.05) is 32.9 Å². The van der Waals surface area contributed by atoms with Crippen LogP contribution in [0.1, 0.15) is 71.1 Å². The van der Waals surface area contributed by atoms with Crippen LogP contribution in [0.15, 0.2) is 48.5 Å². The van der Waals surface area contributed by atoms with Gasteiger partial charge in [0.15, 0.2) is 0 Å². The third kappa shape index (κ3) is 12.7. The molecule has 0 saturated carbocycles. The number of unbranched alkanes of at least 4 members (excludes halogenated alkanes) is 1. The molecule has 2 aromatic carbocycles. The molecule has 0 fully saturated rings. The summed E-state index contributed by atoms with van der Waals surface area (Å²) in [5, 5.41) is 2.57. The Morgan fingerprint density at radius 1 is 0.931 bits per heavy atom. The lowest BCUT2D eigenvalue weighted by Gasteiger charge is -2.14. The van der Waals surface area contributed by atoms with Crippen molar-refractivity contribution in [1.82, 2.24) is 5.32 Å². The van der Waals surface area contributed by atoms with Gasteiger partial charge >= 0.3 is 0 Å². The third-order valence-corrected chi connectivity index (χ3v) is 4.23. The van der Waals surface area contributed by atoms with Gasteiger partial charge in [-0.15, -0.1) is 0 Å². The summed E-state index contributed by atoms with van der Waals surface area (Å²) >= 11 is 0. The number of hydrogen-bond donors (Lipinski definition) is 1. The number of benzene rings is 2.